The van der Waals surface area contributed by atoms with Crippen molar-refractivity contribution in [3.8, 4) is 0 Å². The Kier molecular flexibility index (Phi) is 3.58. The number of aromatic nitrogens is 1. The molecule has 3 rings (SSSR count). The highest BCUT2D eigenvalue weighted by molar-refractivity contribution is 9.10. The lowest BCUT2D eigenvalue weighted by molar-refractivity contribution is -0.311. The summed E-state index contributed by atoms with van der Waals surface area (Å²) in [6, 6.07) is 6.42. The molecule has 0 aliphatic carbocycles. The van der Waals surface area contributed by atoms with Gasteiger partial charge in [-0.05, 0) is 30.9 Å². The van der Waals surface area contributed by atoms with Gasteiger partial charge in [-0.2, -0.15) is 0 Å². The second-order valence-electron chi connectivity index (χ2n) is 5.27. The van der Waals surface area contributed by atoms with Crippen LogP contribution in [0.15, 0.2) is 27.6 Å². The maximum absolute atomic E-state index is 11.1. The molecule has 1 aromatic carbocycles. The zero-order valence-corrected chi connectivity index (χ0v) is 13.8. The Bertz CT molecular complexity index is 695. The summed E-state index contributed by atoms with van der Waals surface area (Å²) in [4.78, 5) is 12.4. The van der Waals surface area contributed by atoms with Crippen LogP contribution in [-0.4, -0.2) is 16.8 Å². The Morgan fingerprint density at radius 2 is 2.25 bits per heavy atom. The molecular formula is C15H15BrNO2S-. The Balaban J connectivity index is 2.15. The van der Waals surface area contributed by atoms with E-state index in [1.54, 1.807) is 18.7 Å². The molecule has 3 nitrogen and oxygen atoms in total. The van der Waals surface area contributed by atoms with Crippen molar-refractivity contribution >= 4 is 44.6 Å². The molecule has 0 radical (unpaired) electrons. The topological polar surface area (TPSA) is 45.1 Å². The molecule has 0 spiro atoms. The van der Waals surface area contributed by atoms with Crippen LogP contribution in [0.4, 0.5) is 0 Å². The fourth-order valence-corrected chi connectivity index (χ4v) is 4.25. The lowest BCUT2D eigenvalue weighted by Gasteiger charge is -2.19. The molecule has 2 heterocycles. The number of hydrogen-bond acceptors (Lipinski definition) is 3. The number of halogens is 1. The van der Waals surface area contributed by atoms with Crippen LogP contribution >= 0.6 is 27.7 Å². The minimum Gasteiger partial charge on any atom is -0.550 e. The summed E-state index contributed by atoms with van der Waals surface area (Å²) < 4.78 is 3.32. The van der Waals surface area contributed by atoms with Gasteiger partial charge in [0.15, 0.2) is 0 Å². The van der Waals surface area contributed by atoms with Gasteiger partial charge in [0.05, 0.1) is 5.52 Å². The number of hydrogen-bond donors (Lipinski definition) is 0. The van der Waals surface area contributed by atoms with Gasteiger partial charge in [-0.3, -0.25) is 0 Å². The van der Waals surface area contributed by atoms with Crippen LogP contribution in [0.25, 0.3) is 10.9 Å². The molecular weight excluding hydrogens is 338 g/mol. The molecule has 2 unspecified atom stereocenters. The number of carbonyl (C=O) groups is 1. The first-order valence-corrected chi connectivity index (χ1v) is 8.62. The van der Waals surface area contributed by atoms with Crippen molar-refractivity contribution in [2.45, 2.75) is 30.7 Å². The van der Waals surface area contributed by atoms with Crippen LogP contribution in [0.1, 0.15) is 25.0 Å². The average Bonchev–Trinajstić information content (AvgIpc) is 2.97. The van der Waals surface area contributed by atoms with Gasteiger partial charge in [-0.25, -0.2) is 0 Å². The fraction of sp³-hybridized carbons (Fsp3) is 0.400. The van der Waals surface area contributed by atoms with Gasteiger partial charge in [0.2, 0.25) is 0 Å². The normalized spacial score (nSPS) is 19.2. The maximum atomic E-state index is 11.1. The largest absolute Gasteiger partial charge is 0.550 e. The van der Waals surface area contributed by atoms with Crippen LogP contribution < -0.4 is 5.11 Å². The summed E-state index contributed by atoms with van der Waals surface area (Å²) in [5, 5.41) is 12.3. The molecule has 0 saturated heterocycles. The fourth-order valence-electron chi connectivity index (χ4n) is 3.07. The number of fused-ring (bicyclic) bond motifs is 3. The van der Waals surface area contributed by atoms with Crippen molar-refractivity contribution in [1.29, 1.82) is 0 Å². The highest BCUT2D eigenvalue weighted by atomic mass is 79.9. The van der Waals surface area contributed by atoms with Crippen LogP contribution in [0.2, 0.25) is 0 Å². The summed E-state index contributed by atoms with van der Waals surface area (Å²) >= 11 is 5.33. The minimum absolute atomic E-state index is 0.0528. The number of carbonyl (C=O) groups excluding carboxylic acids is 1. The molecule has 1 aliphatic rings. The van der Waals surface area contributed by atoms with Gasteiger partial charge in [-0.1, -0.05) is 22.9 Å². The van der Waals surface area contributed by atoms with Gasteiger partial charge >= 0.3 is 0 Å². The van der Waals surface area contributed by atoms with E-state index in [2.05, 4.69) is 45.0 Å². The van der Waals surface area contributed by atoms with Crippen LogP contribution in [0.5, 0.6) is 0 Å². The molecule has 20 heavy (non-hydrogen) atoms. The molecule has 0 amide bonds. The van der Waals surface area contributed by atoms with Crippen molar-refractivity contribution in [3.05, 3.63) is 28.4 Å². The number of aliphatic carboxylic acids is 1. The number of benzene rings is 1. The van der Waals surface area contributed by atoms with E-state index < -0.39 is 11.9 Å². The smallest absolute Gasteiger partial charge is 0.0505 e. The number of carboxylic acid groups (broad SMARTS) is 1. The van der Waals surface area contributed by atoms with Gasteiger partial charge in [-0.15, -0.1) is 11.8 Å². The van der Waals surface area contributed by atoms with E-state index in [4.69, 9.17) is 0 Å². The zero-order chi connectivity index (χ0) is 14.4. The van der Waals surface area contributed by atoms with E-state index in [0.29, 0.717) is 0 Å². The van der Waals surface area contributed by atoms with E-state index in [1.165, 1.54) is 10.4 Å². The predicted octanol–water partition coefficient (Wildman–Crippen LogP) is 3.00. The van der Waals surface area contributed by atoms with Crippen LogP contribution in [-0.2, 0) is 11.3 Å². The summed E-state index contributed by atoms with van der Waals surface area (Å²) in [5.41, 5.74) is 2.31. The summed E-state index contributed by atoms with van der Waals surface area (Å²) in [6.07, 6.45) is 2.93. The van der Waals surface area contributed by atoms with Gasteiger partial charge in [0, 0.05) is 44.8 Å². The molecule has 5 heteroatoms. The Morgan fingerprint density at radius 3 is 2.90 bits per heavy atom. The summed E-state index contributed by atoms with van der Waals surface area (Å²) in [5.74, 6) is -1.35. The third kappa shape index (κ3) is 2.07. The first-order valence-electron chi connectivity index (χ1n) is 6.60. The second-order valence-corrected chi connectivity index (χ2v) is 7.00. The summed E-state index contributed by atoms with van der Waals surface area (Å²) in [7, 11) is 0. The molecule has 1 aliphatic heterocycles. The van der Waals surface area contributed by atoms with Gasteiger partial charge in [0.25, 0.3) is 0 Å². The Labute approximate surface area is 130 Å². The van der Waals surface area contributed by atoms with Crippen molar-refractivity contribution < 1.29 is 9.90 Å². The quantitative estimate of drug-likeness (QED) is 0.797. The van der Waals surface area contributed by atoms with Crippen LogP contribution in [0, 0.1) is 5.92 Å². The minimum atomic E-state index is -0.961. The van der Waals surface area contributed by atoms with E-state index >= 15 is 0 Å². The first-order chi connectivity index (χ1) is 9.52. The lowest BCUT2D eigenvalue weighted by Crippen LogP contribution is -2.32. The number of aryl methyl sites for hydroxylation is 1. The van der Waals surface area contributed by atoms with E-state index in [0.717, 1.165) is 28.5 Å². The van der Waals surface area contributed by atoms with E-state index in [-0.39, 0.29) is 5.92 Å². The lowest BCUT2D eigenvalue weighted by atomic mass is 9.90. The first kappa shape index (κ1) is 14.0. The van der Waals surface area contributed by atoms with Crippen molar-refractivity contribution in [2.24, 2.45) is 5.92 Å². The van der Waals surface area contributed by atoms with Gasteiger partial charge in [0.1, 0.15) is 0 Å². The van der Waals surface area contributed by atoms with E-state index in [1.807, 2.05) is 0 Å². The number of carboxylic acids is 1. The van der Waals surface area contributed by atoms with Crippen LogP contribution in [0.3, 0.4) is 0 Å². The van der Waals surface area contributed by atoms with Crippen molar-refractivity contribution in [1.82, 2.24) is 4.57 Å². The molecule has 0 N–H and O–H groups in total. The molecule has 2 aromatic rings. The molecule has 0 fully saturated rings. The molecule has 2 atom stereocenters. The van der Waals surface area contributed by atoms with Crippen molar-refractivity contribution in [2.75, 3.05) is 6.26 Å². The monoisotopic (exact) mass is 352 g/mol. The van der Waals surface area contributed by atoms with E-state index in [9.17, 15) is 9.90 Å². The Morgan fingerprint density at radius 1 is 1.50 bits per heavy atom. The molecule has 106 valence electrons. The highest BCUT2D eigenvalue weighted by Gasteiger charge is 2.30. The number of rotatable bonds is 3. The van der Waals surface area contributed by atoms with Gasteiger partial charge < -0.3 is 14.5 Å². The third-order valence-electron chi connectivity index (χ3n) is 4.23. The standard InChI is InChI=1S/C15H16BrNO2S/c1-8(15(18)19)10-3-4-17-13-6-9(20-2)5-12(16)11(13)7-14(10)17/h5-8,10H,3-4H2,1-2H3,(H,18,19)/p-1. The molecule has 1 aromatic heterocycles. The summed E-state index contributed by atoms with van der Waals surface area (Å²) in [6.45, 7) is 2.63. The highest BCUT2D eigenvalue weighted by Crippen LogP contribution is 2.41. The average molecular weight is 353 g/mol. The zero-order valence-electron chi connectivity index (χ0n) is 11.4. The third-order valence-corrected chi connectivity index (χ3v) is 5.59. The Hall–Kier alpha value is -0.940. The second kappa shape index (κ2) is 5.11. The molecule has 0 bridgehead atoms. The predicted molar refractivity (Wildman–Crippen MR) is 82.9 cm³/mol. The number of thioether (sulfide) groups is 1. The molecule has 0 saturated carbocycles. The number of nitrogens with zero attached hydrogens (tertiary/aromatic N) is 1. The maximum Gasteiger partial charge on any atom is 0.0505 e. The SMILES string of the molecule is CSc1cc(Br)c2cc3n(c2c1)CCC3C(C)C(=O)[O-]. The van der Waals surface area contributed by atoms with Crippen molar-refractivity contribution in [3.63, 3.8) is 0 Å².